The van der Waals surface area contributed by atoms with Gasteiger partial charge in [0.15, 0.2) is 0 Å². The molecule has 0 radical (unpaired) electrons. The van der Waals surface area contributed by atoms with Crippen molar-refractivity contribution in [2.45, 2.75) is 24.7 Å². The summed E-state index contributed by atoms with van der Waals surface area (Å²) in [7, 11) is 0. The third-order valence-corrected chi connectivity index (χ3v) is 4.46. The summed E-state index contributed by atoms with van der Waals surface area (Å²) in [6.45, 7) is 0.929. The fourth-order valence-corrected chi connectivity index (χ4v) is 3.09. The topological polar surface area (TPSA) is 9.23 Å². The lowest BCUT2D eigenvalue weighted by molar-refractivity contribution is 0.129. The first-order chi connectivity index (χ1) is 7.75. The average molecular weight is 277 g/mol. The first kappa shape index (κ1) is 12.6. The molecule has 0 amide bonds. The van der Waals surface area contributed by atoms with Crippen LogP contribution in [0.2, 0.25) is 10.0 Å². The third-order valence-electron chi connectivity index (χ3n) is 2.58. The van der Waals surface area contributed by atoms with Gasteiger partial charge in [-0.3, -0.25) is 0 Å². The van der Waals surface area contributed by atoms with Gasteiger partial charge >= 0.3 is 0 Å². The molecule has 1 aliphatic heterocycles. The van der Waals surface area contributed by atoms with E-state index in [9.17, 15) is 0 Å². The second kappa shape index (κ2) is 6.15. The van der Waals surface area contributed by atoms with Gasteiger partial charge in [-0.2, -0.15) is 11.8 Å². The van der Waals surface area contributed by atoms with Gasteiger partial charge in [0.25, 0.3) is 0 Å². The van der Waals surface area contributed by atoms with Crippen LogP contribution >= 0.6 is 35.0 Å². The van der Waals surface area contributed by atoms with Gasteiger partial charge in [0.1, 0.15) is 0 Å². The molecule has 1 heterocycles. The molecule has 0 N–H and O–H groups in total. The predicted molar refractivity (Wildman–Crippen MR) is 71.6 cm³/mol. The first-order valence-electron chi connectivity index (χ1n) is 5.39. The van der Waals surface area contributed by atoms with Gasteiger partial charge in [0.05, 0.1) is 16.1 Å². The van der Waals surface area contributed by atoms with E-state index in [1.807, 2.05) is 30.0 Å². The van der Waals surface area contributed by atoms with Crippen LogP contribution in [0.15, 0.2) is 18.2 Å². The summed E-state index contributed by atoms with van der Waals surface area (Å²) in [6, 6.07) is 5.81. The lowest BCUT2D eigenvalue weighted by Gasteiger charge is -2.08. The molecule has 1 saturated heterocycles. The van der Waals surface area contributed by atoms with E-state index in [-0.39, 0.29) is 0 Å². The van der Waals surface area contributed by atoms with Crippen molar-refractivity contribution in [1.82, 2.24) is 0 Å². The average Bonchev–Trinajstić information content (AvgIpc) is 2.76. The van der Waals surface area contributed by atoms with Crippen molar-refractivity contribution >= 4 is 35.0 Å². The van der Waals surface area contributed by atoms with Crippen LogP contribution in [0, 0.1) is 0 Å². The van der Waals surface area contributed by atoms with Gasteiger partial charge < -0.3 is 4.74 Å². The van der Waals surface area contributed by atoms with Crippen LogP contribution in [0.4, 0.5) is 0 Å². The molecule has 1 aliphatic rings. The second-order valence-corrected chi connectivity index (χ2v) is 5.74. The van der Waals surface area contributed by atoms with Crippen molar-refractivity contribution in [2.75, 3.05) is 12.4 Å². The van der Waals surface area contributed by atoms with Crippen LogP contribution in [-0.2, 0) is 10.5 Å². The molecule has 1 atom stereocenters. The Morgan fingerprint density at radius 2 is 2.19 bits per heavy atom. The smallest absolute Gasteiger partial charge is 0.0666 e. The number of benzene rings is 1. The number of hydrogen-bond acceptors (Lipinski definition) is 2. The van der Waals surface area contributed by atoms with Gasteiger partial charge in [0, 0.05) is 18.1 Å². The van der Waals surface area contributed by atoms with Crippen LogP contribution in [0.3, 0.4) is 0 Å². The quantitative estimate of drug-likeness (QED) is 0.806. The molecule has 88 valence electrons. The second-order valence-electron chi connectivity index (χ2n) is 3.90. The van der Waals surface area contributed by atoms with Crippen LogP contribution in [0.25, 0.3) is 0 Å². The molecule has 0 saturated carbocycles. The fraction of sp³-hybridized carbons (Fsp3) is 0.500. The van der Waals surface area contributed by atoms with Crippen molar-refractivity contribution in [3.63, 3.8) is 0 Å². The van der Waals surface area contributed by atoms with Gasteiger partial charge in [-0.1, -0.05) is 29.3 Å². The minimum Gasteiger partial charge on any atom is -0.377 e. The lowest BCUT2D eigenvalue weighted by Crippen LogP contribution is -2.07. The maximum absolute atomic E-state index is 5.95. The number of hydrogen-bond donors (Lipinski definition) is 0. The van der Waals surface area contributed by atoms with E-state index in [0.29, 0.717) is 16.1 Å². The Hall–Kier alpha value is 0.110. The van der Waals surface area contributed by atoms with E-state index < -0.39 is 0 Å². The molecule has 1 unspecified atom stereocenters. The zero-order valence-electron chi connectivity index (χ0n) is 8.92. The Labute approximate surface area is 110 Å². The van der Waals surface area contributed by atoms with E-state index in [1.165, 1.54) is 18.4 Å². The van der Waals surface area contributed by atoms with Crippen LogP contribution in [0.5, 0.6) is 0 Å². The summed E-state index contributed by atoms with van der Waals surface area (Å²) < 4.78 is 5.57. The zero-order chi connectivity index (χ0) is 11.4. The Bertz CT molecular complexity index is 351. The monoisotopic (exact) mass is 276 g/mol. The van der Waals surface area contributed by atoms with Crippen molar-refractivity contribution in [2.24, 2.45) is 0 Å². The SMILES string of the molecule is Clc1ccc(CSCC2CCCO2)cc1Cl. The van der Waals surface area contributed by atoms with E-state index >= 15 is 0 Å². The summed E-state index contributed by atoms with van der Waals surface area (Å²) in [4.78, 5) is 0. The molecule has 0 spiro atoms. The Kier molecular flexibility index (Phi) is 4.83. The predicted octanol–water partition coefficient (Wildman–Crippen LogP) is 4.41. The van der Waals surface area contributed by atoms with Crippen molar-refractivity contribution in [3.8, 4) is 0 Å². The summed E-state index contributed by atoms with van der Waals surface area (Å²) in [6.07, 6.45) is 2.86. The molecule has 1 aromatic carbocycles. The van der Waals surface area contributed by atoms with Crippen molar-refractivity contribution < 1.29 is 4.74 Å². The van der Waals surface area contributed by atoms with Crippen molar-refractivity contribution in [3.05, 3.63) is 33.8 Å². The summed E-state index contributed by atoms with van der Waals surface area (Å²) in [5.74, 6) is 2.04. The lowest BCUT2D eigenvalue weighted by atomic mass is 10.2. The van der Waals surface area contributed by atoms with Crippen LogP contribution < -0.4 is 0 Å². The highest BCUT2D eigenvalue weighted by atomic mass is 35.5. The molecule has 16 heavy (non-hydrogen) atoms. The molecule has 0 aliphatic carbocycles. The Balaban J connectivity index is 1.78. The fourth-order valence-electron chi connectivity index (χ4n) is 1.71. The minimum atomic E-state index is 0.452. The number of halogens is 2. The van der Waals surface area contributed by atoms with Gasteiger partial charge in [-0.15, -0.1) is 0 Å². The highest BCUT2D eigenvalue weighted by Crippen LogP contribution is 2.25. The van der Waals surface area contributed by atoms with Gasteiger partial charge in [-0.05, 0) is 30.5 Å². The highest BCUT2D eigenvalue weighted by Gasteiger charge is 2.14. The van der Waals surface area contributed by atoms with E-state index in [4.69, 9.17) is 27.9 Å². The molecule has 1 aromatic rings. The first-order valence-corrected chi connectivity index (χ1v) is 7.30. The molecule has 0 bridgehead atoms. The van der Waals surface area contributed by atoms with E-state index in [1.54, 1.807) is 0 Å². The maximum atomic E-state index is 5.95. The maximum Gasteiger partial charge on any atom is 0.0666 e. The molecular formula is C12H14Cl2OS. The summed E-state index contributed by atoms with van der Waals surface area (Å²) in [5, 5.41) is 1.26. The zero-order valence-corrected chi connectivity index (χ0v) is 11.2. The normalized spacial score (nSPS) is 20.2. The van der Waals surface area contributed by atoms with Crippen LogP contribution in [-0.4, -0.2) is 18.5 Å². The summed E-state index contributed by atoms with van der Waals surface area (Å²) in [5.41, 5.74) is 1.22. The molecule has 1 nitrogen and oxygen atoms in total. The third kappa shape index (κ3) is 3.56. The van der Waals surface area contributed by atoms with Gasteiger partial charge in [-0.25, -0.2) is 0 Å². The van der Waals surface area contributed by atoms with E-state index in [2.05, 4.69) is 0 Å². The summed E-state index contributed by atoms with van der Waals surface area (Å²) >= 11 is 13.7. The minimum absolute atomic E-state index is 0.452. The van der Waals surface area contributed by atoms with Gasteiger partial charge in [0.2, 0.25) is 0 Å². The molecular weight excluding hydrogens is 263 g/mol. The molecule has 2 rings (SSSR count). The largest absolute Gasteiger partial charge is 0.377 e. The van der Waals surface area contributed by atoms with Crippen molar-refractivity contribution in [1.29, 1.82) is 0 Å². The Morgan fingerprint density at radius 3 is 2.88 bits per heavy atom. The molecule has 0 aromatic heterocycles. The highest BCUT2D eigenvalue weighted by molar-refractivity contribution is 7.98. The number of rotatable bonds is 4. The number of ether oxygens (including phenoxy) is 1. The Morgan fingerprint density at radius 1 is 1.31 bits per heavy atom. The number of thioether (sulfide) groups is 1. The molecule has 4 heteroatoms. The standard InChI is InChI=1S/C12H14Cl2OS/c13-11-4-3-9(6-12(11)14)7-16-8-10-2-1-5-15-10/h3-4,6,10H,1-2,5,7-8H2. The van der Waals surface area contributed by atoms with E-state index in [0.717, 1.165) is 18.1 Å². The van der Waals surface area contributed by atoms with Crippen LogP contribution in [0.1, 0.15) is 18.4 Å². The molecule has 1 fully saturated rings.